The van der Waals surface area contributed by atoms with E-state index in [0.29, 0.717) is 6.54 Å². The van der Waals surface area contributed by atoms with Crippen LogP contribution in [0.5, 0.6) is 0 Å². The Morgan fingerprint density at radius 3 is 2.90 bits per heavy atom. The van der Waals surface area contributed by atoms with E-state index in [-0.39, 0.29) is 5.56 Å². The number of aryl methyl sites for hydroxylation is 2. The molecule has 0 saturated heterocycles. The van der Waals surface area contributed by atoms with Gasteiger partial charge in [0.05, 0.1) is 12.6 Å². The van der Waals surface area contributed by atoms with Gasteiger partial charge in [-0.2, -0.15) is 0 Å². The maximum absolute atomic E-state index is 12.1. The molecule has 104 valence electrons. The summed E-state index contributed by atoms with van der Waals surface area (Å²) >= 11 is 0. The average Bonchev–Trinajstić information content (AvgIpc) is 2.90. The van der Waals surface area contributed by atoms with Gasteiger partial charge in [0.1, 0.15) is 0 Å². The molecule has 1 heterocycles. The lowest BCUT2D eigenvalue weighted by atomic mass is 10.1. The van der Waals surface area contributed by atoms with Crippen molar-refractivity contribution in [2.75, 3.05) is 0 Å². The number of hydrogen-bond donors (Lipinski definition) is 1. The van der Waals surface area contributed by atoms with Crippen molar-refractivity contribution in [3.8, 4) is 0 Å². The predicted octanol–water partition coefficient (Wildman–Crippen LogP) is 2.38. The monoisotopic (exact) mass is 269 g/mol. The van der Waals surface area contributed by atoms with Gasteiger partial charge >= 0.3 is 0 Å². The van der Waals surface area contributed by atoms with Crippen molar-refractivity contribution < 1.29 is 5.11 Å². The number of benzene rings is 1. The Balaban J connectivity index is 1.92. The smallest absolute Gasteiger partial charge is 0.250 e. The first kappa shape index (κ1) is 13.1. The summed E-state index contributed by atoms with van der Waals surface area (Å²) in [6, 6.07) is 11.4. The molecule has 0 amide bonds. The maximum Gasteiger partial charge on any atom is 0.250 e. The Kier molecular flexibility index (Phi) is 3.45. The quantitative estimate of drug-likeness (QED) is 0.929. The lowest BCUT2D eigenvalue weighted by molar-refractivity contribution is 0.154. The van der Waals surface area contributed by atoms with Crippen molar-refractivity contribution >= 4 is 0 Å². The zero-order chi connectivity index (χ0) is 14.1. The van der Waals surface area contributed by atoms with Crippen molar-refractivity contribution in [2.24, 2.45) is 0 Å². The molecule has 3 rings (SSSR count). The number of rotatable bonds is 3. The Morgan fingerprint density at radius 2 is 2.10 bits per heavy atom. The van der Waals surface area contributed by atoms with Crippen molar-refractivity contribution in [1.82, 2.24) is 4.57 Å². The van der Waals surface area contributed by atoms with Gasteiger partial charge in [-0.25, -0.2) is 0 Å². The Morgan fingerprint density at radius 1 is 1.25 bits per heavy atom. The van der Waals surface area contributed by atoms with Gasteiger partial charge in [-0.3, -0.25) is 4.79 Å². The SMILES string of the molecule is Cc1cccc(C(O)Cn2c3c(ccc2=O)CCC3)c1. The van der Waals surface area contributed by atoms with Gasteiger partial charge in [0, 0.05) is 11.8 Å². The molecular formula is C17H19NO2. The average molecular weight is 269 g/mol. The van der Waals surface area contributed by atoms with E-state index in [0.717, 1.165) is 36.1 Å². The third-order valence-corrected chi connectivity index (χ3v) is 4.03. The molecule has 1 aromatic heterocycles. The molecule has 1 aliphatic carbocycles. The fourth-order valence-corrected chi connectivity index (χ4v) is 2.99. The van der Waals surface area contributed by atoms with Crippen molar-refractivity contribution in [2.45, 2.75) is 38.8 Å². The molecule has 3 nitrogen and oxygen atoms in total. The summed E-state index contributed by atoms with van der Waals surface area (Å²) in [6.07, 6.45) is 2.43. The van der Waals surface area contributed by atoms with E-state index in [1.54, 1.807) is 10.6 Å². The van der Waals surface area contributed by atoms with Crippen LogP contribution in [0.25, 0.3) is 0 Å². The summed E-state index contributed by atoms with van der Waals surface area (Å²) in [4.78, 5) is 12.1. The molecule has 1 aromatic carbocycles. The number of nitrogens with zero attached hydrogens (tertiary/aromatic N) is 1. The lowest BCUT2D eigenvalue weighted by Gasteiger charge is -2.17. The van der Waals surface area contributed by atoms with Crippen LogP contribution in [-0.2, 0) is 19.4 Å². The van der Waals surface area contributed by atoms with E-state index in [4.69, 9.17) is 0 Å². The third kappa shape index (κ3) is 2.41. The molecule has 20 heavy (non-hydrogen) atoms. The van der Waals surface area contributed by atoms with Crippen LogP contribution in [0, 0.1) is 6.92 Å². The third-order valence-electron chi connectivity index (χ3n) is 4.03. The van der Waals surface area contributed by atoms with Crippen molar-refractivity contribution in [1.29, 1.82) is 0 Å². The predicted molar refractivity (Wildman–Crippen MR) is 78.9 cm³/mol. The molecule has 0 fully saturated rings. The molecule has 0 radical (unpaired) electrons. The van der Waals surface area contributed by atoms with Gasteiger partial charge in [-0.15, -0.1) is 0 Å². The molecular weight excluding hydrogens is 250 g/mol. The van der Waals surface area contributed by atoms with Crippen LogP contribution in [-0.4, -0.2) is 9.67 Å². The number of aliphatic hydroxyl groups is 1. The van der Waals surface area contributed by atoms with Gasteiger partial charge in [-0.1, -0.05) is 35.9 Å². The highest BCUT2D eigenvalue weighted by Gasteiger charge is 2.18. The van der Waals surface area contributed by atoms with Crippen LogP contribution < -0.4 is 5.56 Å². The first-order valence-corrected chi connectivity index (χ1v) is 7.11. The number of hydrogen-bond acceptors (Lipinski definition) is 2. The fraction of sp³-hybridized carbons (Fsp3) is 0.353. The number of aromatic nitrogens is 1. The molecule has 2 aromatic rings. The summed E-state index contributed by atoms with van der Waals surface area (Å²) in [5.74, 6) is 0. The second kappa shape index (κ2) is 5.25. The fourth-order valence-electron chi connectivity index (χ4n) is 2.99. The summed E-state index contributed by atoms with van der Waals surface area (Å²) in [5.41, 5.74) is 4.32. The van der Waals surface area contributed by atoms with E-state index in [1.807, 2.05) is 37.3 Å². The molecule has 0 bridgehead atoms. The number of aliphatic hydroxyl groups excluding tert-OH is 1. The van der Waals surface area contributed by atoms with Crippen LogP contribution >= 0.6 is 0 Å². The van der Waals surface area contributed by atoms with E-state index in [2.05, 4.69) is 0 Å². The second-order valence-corrected chi connectivity index (χ2v) is 5.54. The van der Waals surface area contributed by atoms with Gasteiger partial charge in [0.15, 0.2) is 0 Å². The molecule has 1 N–H and O–H groups in total. The minimum atomic E-state index is -0.639. The molecule has 0 spiro atoms. The lowest BCUT2D eigenvalue weighted by Crippen LogP contribution is -2.25. The summed E-state index contributed by atoms with van der Waals surface area (Å²) < 4.78 is 1.75. The van der Waals surface area contributed by atoms with E-state index < -0.39 is 6.10 Å². The molecule has 0 aliphatic heterocycles. The molecule has 3 heteroatoms. The highest BCUT2D eigenvalue weighted by Crippen LogP contribution is 2.22. The van der Waals surface area contributed by atoms with E-state index in [9.17, 15) is 9.90 Å². The first-order valence-electron chi connectivity index (χ1n) is 7.11. The topological polar surface area (TPSA) is 42.2 Å². The van der Waals surface area contributed by atoms with Crippen LogP contribution in [0.3, 0.4) is 0 Å². The van der Waals surface area contributed by atoms with Crippen LogP contribution in [0.4, 0.5) is 0 Å². The van der Waals surface area contributed by atoms with Crippen LogP contribution in [0.15, 0.2) is 41.2 Å². The van der Waals surface area contributed by atoms with Gasteiger partial charge in [0.25, 0.3) is 5.56 Å². The molecule has 0 saturated carbocycles. The summed E-state index contributed by atoms with van der Waals surface area (Å²) in [5, 5.41) is 10.4. The zero-order valence-electron chi connectivity index (χ0n) is 11.7. The van der Waals surface area contributed by atoms with Crippen LogP contribution in [0.2, 0.25) is 0 Å². The number of pyridine rings is 1. The Labute approximate surface area is 118 Å². The highest BCUT2D eigenvalue weighted by atomic mass is 16.3. The summed E-state index contributed by atoms with van der Waals surface area (Å²) in [7, 11) is 0. The molecule has 1 unspecified atom stereocenters. The van der Waals surface area contributed by atoms with Crippen LogP contribution in [0.1, 0.15) is 34.9 Å². The minimum absolute atomic E-state index is 0.0163. The normalized spacial score (nSPS) is 15.1. The molecule has 1 aliphatic rings. The zero-order valence-corrected chi connectivity index (χ0v) is 11.7. The van der Waals surface area contributed by atoms with E-state index in [1.165, 1.54) is 5.56 Å². The van der Waals surface area contributed by atoms with E-state index >= 15 is 0 Å². The minimum Gasteiger partial charge on any atom is -0.387 e. The van der Waals surface area contributed by atoms with Crippen molar-refractivity contribution in [3.05, 3.63) is 69.1 Å². The standard InChI is InChI=1S/C17H19NO2/c1-12-4-2-6-14(10-12)16(19)11-18-15-7-3-5-13(15)8-9-17(18)20/h2,4,6,8-10,16,19H,3,5,7,11H2,1H3. The molecule has 1 atom stereocenters. The largest absolute Gasteiger partial charge is 0.387 e. The van der Waals surface area contributed by atoms with Crippen molar-refractivity contribution in [3.63, 3.8) is 0 Å². The Bertz CT molecular complexity index is 688. The maximum atomic E-state index is 12.1. The van der Waals surface area contributed by atoms with Gasteiger partial charge in [0.2, 0.25) is 0 Å². The Hall–Kier alpha value is -1.87. The number of fused-ring (bicyclic) bond motifs is 1. The highest BCUT2D eigenvalue weighted by molar-refractivity contribution is 5.27. The van der Waals surface area contributed by atoms with Gasteiger partial charge in [-0.05, 0) is 37.3 Å². The second-order valence-electron chi connectivity index (χ2n) is 5.54. The van der Waals surface area contributed by atoms with Gasteiger partial charge < -0.3 is 9.67 Å². The summed E-state index contributed by atoms with van der Waals surface area (Å²) in [6.45, 7) is 2.34. The first-order chi connectivity index (χ1) is 9.65.